The quantitative estimate of drug-likeness (QED) is 0.609. The molecule has 0 aromatic heterocycles. The Morgan fingerprint density at radius 3 is 2.40 bits per heavy atom. The summed E-state index contributed by atoms with van der Waals surface area (Å²) < 4.78 is 14.2. The van der Waals surface area contributed by atoms with Gasteiger partial charge >= 0.3 is 57.6 Å². The molecule has 0 saturated carbocycles. The van der Waals surface area contributed by atoms with Crippen molar-refractivity contribution in [3.63, 3.8) is 0 Å². The number of phenolic OH excluding ortho intramolecular Hbond substituents is 1. The molecule has 0 bridgehead atoms. The average molecular weight is 136 g/mol. The van der Waals surface area contributed by atoms with Gasteiger partial charge < -0.3 is 0 Å². The molecule has 4 heteroatoms. The fourth-order valence-electron chi connectivity index (χ4n) is 0.580. The third-order valence-electron chi connectivity index (χ3n) is 1.02. The minimum atomic E-state index is 0.151. The van der Waals surface area contributed by atoms with Crippen LogP contribution in [0, 0.1) is 0 Å². The first-order chi connectivity index (χ1) is 4.83. The second-order valence-corrected chi connectivity index (χ2v) is 1.71. The summed E-state index contributed by atoms with van der Waals surface area (Å²) in [5.74, 6) is 0.575. The monoisotopic (exact) mass is 136 g/mol. The molecule has 0 atom stereocenters. The zero-order valence-electron chi connectivity index (χ0n) is 5.15. The van der Waals surface area contributed by atoms with Gasteiger partial charge in [0.1, 0.15) is 0 Å². The van der Waals surface area contributed by atoms with Gasteiger partial charge in [0.25, 0.3) is 0 Å². The Kier molecular flexibility index (Phi) is 2.05. The van der Waals surface area contributed by atoms with Crippen LogP contribution in [-0.4, -0.2) is 12.5 Å². The number of hydrogen-bond acceptors (Lipinski definition) is 3. The van der Waals surface area contributed by atoms with Crippen molar-refractivity contribution < 1.29 is 14.5 Å². The van der Waals surface area contributed by atoms with Crippen molar-refractivity contribution in [1.82, 2.24) is 0 Å². The molecule has 50 valence electrons. The molecule has 0 saturated heterocycles. The van der Waals surface area contributed by atoms with Gasteiger partial charge in [0.2, 0.25) is 0 Å². The van der Waals surface area contributed by atoms with E-state index < -0.39 is 0 Å². The van der Waals surface area contributed by atoms with E-state index >= 15 is 0 Å². The Morgan fingerprint density at radius 1 is 1.30 bits per heavy atom. The zero-order valence-corrected chi connectivity index (χ0v) is 5.15. The van der Waals surface area contributed by atoms with Crippen LogP contribution in [-0.2, 0) is 4.70 Å². The summed E-state index contributed by atoms with van der Waals surface area (Å²) in [5.41, 5.74) is 0. The van der Waals surface area contributed by atoms with Gasteiger partial charge in [0.15, 0.2) is 0 Å². The summed E-state index contributed by atoms with van der Waals surface area (Å²) in [5, 5.41) is 8.78. The van der Waals surface area contributed by atoms with Crippen molar-refractivity contribution >= 4 is 7.35 Å². The van der Waals surface area contributed by atoms with E-state index in [1.165, 1.54) is 24.3 Å². The van der Waals surface area contributed by atoms with Crippen molar-refractivity contribution in [2.75, 3.05) is 0 Å². The first-order valence-electron chi connectivity index (χ1n) is 2.72. The molecule has 1 aromatic carbocycles. The molecular formula is C6H5BO3. The molecule has 1 N–H and O–H groups in total. The van der Waals surface area contributed by atoms with Gasteiger partial charge in [-0.1, -0.05) is 0 Å². The summed E-state index contributed by atoms with van der Waals surface area (Å²) in [4.78, 5) is 0. The number of hydrogen-bond donors (Lipinski definition) is 1. The second kappa shape index (κ2) is 3.01. The number of aromatic hydroxyl groups is 1. The number of phenols is 1. The molecule has 1 aromatic rings. The molecule has 0 radical (unpaired) electrons. The second-order valence-electron chi connectivity index (χ2n) is 1.71. The van der Waals surface area contributed by atoms with Crippen LogP contribution >= 0.6 is 0 Å². The molecule has 0 spiro atoms. The van der Waals surface area contributed by atoms with Crippen LogP contribution in [0.2, 0.25) is 0 Å². The minimum absolute atomic E-state index is 0.151. The summed E-state index contributed by atoms with van der Waals surface area (Å²) in [6.45, 7) is 0. The molecule has 0 aliphatic carbocycles. The molecular weight excluding hydrogens is 131 g/mol. The van der Waals surface area contributed by atoms with Crippen molar-refractivity contribution in [3.8, 4) is 11.5 Å². The summed E-state index contributed by atoms with van der Waals surface area (Å²) in [6, 6.07) is 5.89. The standard InChI is InChI=1S/C6H5BO3/c8-5-1-3-6(4-2-5)10-7-9/h1-4,8H. The number of benzene rings is 1. The van der Waals surface area contributed by atoms with Gasteiger partial charge in [-0.25, -0.2) is 0 Å². The fraction of sp³-hybridized carbons (Fsp3) is 0. The molecule has 0 unspecified atom stereocenters. The van der Waals surface area contributed by atoms with Gasteiger partial charge in [0.05, 0.1) is 0 Å². The van der Waals surface area contributed by atoms with Crippen LogP contribution in [0.4, 0.5) is 0 Å². The van der Waals surface area contributed by atoms with Crippen molar-refractivity contribution in [1.29, 1.82) is 0 Å². The third-order valence-corrected chi connectivity index (χ3v) is 1.02. The Balaban J connectivity index is 2.78. The average Bonchev–Trinajstić information content (AvgIpc) is 1.95. The molecule has 3 nitrogen and oxygen atoms in total. The van der Waals surface area contributed by atoms with Crippen LogP contribution in [0.3, 0.4) is 0 Å². The van der Waals surface area contributed by atoms with Crippen LogP contribution < -0.4 is 4.65 Å². The van der Waals surface area contributed by atoms with E-state index in [1.807, 2.05) is 0 Å². The molecule has 10 heavy (non-hydrogen) atoms. The van der Waals surface area contributed by atoms with E-state index in [0.717, 1.165) is 0 Å². The van der Waals surface area contributed by atoms with Crippen LogP contribution in [0.1, 0.15) is 0 Å². The van der Waals surface area contributed by atoms with Crippen molar-refractivity contribution in [3.05, 3.63) is 24.3 Å². The Morgan fingerprint density at radius 2 is 1.90 bits per heavy atom. The van der Waals surface area contributed by atoms with Gasteiger partial charge in [0, 0.05) is 0 Å². The molecule has 0 aliphatic rings. The van der Waals surface area contributed by atoms with Crippen molar-refractivity contribution in [2.45, 2.75) is 0 Å². The first-order valence-corrected chi connectivity index (χ1v) is 2.72. The predicted molar refractivity (Wildman–Crippen MR) is 35.2 cm³/mol. The molecule has 0 amide bonds. The maximum absolute atomic E-state index is 9.77. The zero-order chi connectivity index (χ0) is 7.40. The Bertz CT molecular complexity index is 219. The van der Waals surface area contributed by atoms with Crippen molar-refractivity contribution in [2.24, 2.45) is 0 Å². The van der Waals surface area contributed by atoms with Gasteiger partial charge in [-0.3, -0.25) is 0 Å². The maximum atomic E-state index is 9.77. The molecule has 0 aliphatic heterocycles. The third kappa shape index (κ3) is 1.58. The fourth-order valence-corrected chi connectivity index (χ4v) is 0.580. The van der Waals surface area contributed by atoms with E-state index in [1.54, 1.807) is 0 Å². The SMILES string of the molecule is O=BOc1ccc(O)cc1. The topological polar surface area (TPSA) is 46.5 Å². The van der Waals surface area contributed by atoms with Crippen LogP contribution in [0.5, 0.6) is 11.5 Å². The van der Waals surface area contributed by atoms with Gasteiger partial charge in [-0.2, -0.15) is 0 Å². The summed E-state index contributed by atoms with van der Waals surface area (Å²) >= 11 is 0. The van der Waals surface area contributed by atoms with Crippen LogP contribution in [0.15, 0.2) is 24.3 Å². The van der Waals surface area contributed by atoms with Gasteiger partial charge in [-0.15, -0.1) is 0 Å². The predicted octanol–water partition coefficient (Wildman–Crippen LogP) is 0.736. The van der Waals surface area contributed by atoms with E-state index in [9.17, 15) is 4.70 Å². The Labute approximate surface area is 58.5 Å². The number of rotatable bonds is 2. The van der Waals surface area contributed by atoms with E-state index in [4.69, 9.17) is 5.11 Å². The summed E-state index contributed by atoms with van der Waals surface area (Å²) in [6.07, 6.45) is 0. The van der Waals surface area contributed by atoms with Gasteiger partial charge in [-0.05, 0) is 0 Å². The molecule has 0 heterocycles. The molecule has 0 fully saturated rings. The summed E-state index contributed by atoms with van der Waals surface area (Å²) in [7, 11) is 0.340. The van der Waals surface area contributed by atoms with Crippen LogP contribution in [0.25, 0.3) is 0 Å². The van der Waals surface area contributed by atoms with E-state index in [0.29, 0.717) is 13.1 Å². The Hall–Kier alpha value is -1.32. The normalized spacial score (nSPS) is 8.40. The van der Waals surface area contributed by atoms with E-state index in [-0.39, 0.29) is 5.75 Å². The first kappa shape index (κ1) is 6.80. The molecule has 1 rings (SSSR count). The van der Waals surface area contributed by atoms with E-state index in [2.05, 4.69) is 4.65 Å².